The van der Waals surface area contributed by atoms with Gasteiger partial charge in [0, 0.05) is 5.39 Å². The lowest BCUT2D eigenvalue weighted by atomic mass is 10.1. The van der Waals surface area contributed by atoms with Crippen LogP contribution in [0.4, 0.5) is 4.79 Å². The predicted molar refractivity (Wildman–Crippen MR) is 56.1 cm³/mol. The summed E-state index contributed by atoms with van der Waals surface area (Å²) in [6, 6.07) is 4.19. The number of primary amides is 1. The highest BCUT2D eigenvalue weighted by Gasteiger charge is 2.14. The third-order valence-corrected chi connectivity index (χ3v) is 2.23. The second-order valence-electron chi connectivity index (χ2n) is 3.12. The molecule has 1 aromatic carbocycles. The number of aromatic nitrogens is 2. The van der Waals surface area contributed by atoms with E-state index in [0.29, 0.717) is 16.5 Å². The van der Waals surface area contributed by atoms with Crippen molar-refractivity contribution in [1.82, 2.24) is 9.78 Å². The zero-order chi connectivity index (χ0) is 11.7. The summed E-state index contributed by atoms with van der Waals surface area (Å²) in [5.41, 5.74) is 5.96. The number of carbonyl (C=O) groups excluding carboxylic acids is 2. The third kappa shape index (κ3) is 1.40. The van der Waals surface area contributed by atoms with Crippen LogP contribution in [-0.2, 0) is 4.74 Å². The molecule has 0 aliphatic heterocycles. The summed E-state index contributed by atoms with van der Waals surface area (Å²) in [5, 5.41) is 4.34. The van der Waals surface area contributed by atoms with Gasteiger partial charge in [-0.1, -0.05) is 6.07 Å². The molecule has 1 aromatic heterocycles. The van der Waals surface area contributed by atoms with E-state index in [0.717, 1.165) is 4.68 Å². The molecule has 0 saturated carbocycles. The maximum atomic E-state index is 11.4. The molecule has 0 saturated heterocycles. The largest absolute Gasteiger partial charge is 0.465 e. The highest BCUT2D eigenvalue weighted by molar-refractivity contribution is 6.04. The SMILES string of the molecule is COC(=O)c1cccc2c1cnn2C(N)=O. The molecule has 6 heteroatoms. The maximum absolute atomic E-state index is 11.4. The molecule has 0 bridgehead atoms. The number of esters is 1. The van der Waals surface area contributed by atoms with Crippen LogP contribution in [-0.4, -0.2) is 28.9 Å². The Morgan fingerprint density at radius 2 is 2.19 bits per heavy atom. The lowest BCUT2D eigenvalue weighted by Crippen LogP contribution is -2.20. The number of hydrogen-bond acceptors (Lipinski definition) is 4. The standard InChI is InChI=1S/C10H9N3O3/c1-16-9(14)6-3-2-4-8-7(6)5-12-13(8)10(11)15/h2-5H,1H3,(H2,11,15). The van der Waals surface area contributed by atoms with Crippen LogP contribution in [0.5, 0.6) is 0 Å². The molecule has 0 radical (unpaired) electrons. The molecule has 0 unspecified atom stereocenters. The van der Waals surface area contributed by atoms with E-state index in [4.69, 9.17) is 5.73 Å². The maximum Gasteiger partial charge on any atom is 0.340 e. The van der Waals surface area contributed by atoms with Gasteiger partial charge in [-0.05, 0) is 12.1 Å². The zero-order valence-electron chi connectivity index (χ0n) is 8.51. The normalized spacial score (nSPS) is 10.3. The van der Waals surface area contributed by atoms with Crippen molar-refractivity contribution in [2.45, 2.75) is 0 Å². The summed E-state index contributed by atoms with van der Waals surface area (Å²) in [6.07, 6.45) is 1.41. The first-order valence-corrected chi connectivity index (χ1v) is 4.50. The van der Waals surface area contributed by atoms with Crippen molar-refractivity contribution in [2.24, 2.45) is 5.73 Å². The minimum atomic E-state index is -0.697. The highest BCUT2D eigenvalue weighted by atomic mass is 16.5. The molecule has 1 heterocycles. The van der Waals surface area contributed by atoms with Crippen LogP contribution in [0.3, 0.4) is 0 Å². The Morgan fingerprint density at radius 3 is 2.81 bits per heavy atom. The van der Waals surface area contributed by atoms with Crippen molar-refractivity contribution in [3.8, 4) is 0 Å². The summed E-state index contributed by atoms with van der Waals surface area (Å²) in [5.74, 6) is -0.477. The van der Waals surface area contributed by atoms with Gasteiger partial charge in [-0.3, -0.25) is 0 Å². The Balaban J connectivity index is 2.71. The Morgan fingerprint density at radius 1 is 1.44 bits per heavy atom. The summed E-state index contributed by atoms with van der Waals surface area (Å²) in [4.78, 5) is 22.5. The molecule has 0 aliphatic carbocycles. The first kappa shape index (κ1) is 10.2. The van der Waals surface area contributed by atoms with E-state index in [9.17, 15) is 9.59 Å². The Kier molecular flexibility index (Phi) is 2.32. The number of hydrogen-bond donors (Lipinski definition) is 1. The molecule has 2 aromatic rings. The van der Waals surface area contributed by atoms with Crippen molar-refractivity contribution in [3.05, 3.63) is 30.0 Å². The van der Waals surface area contributed by atoms with Crippen LogP contribution in [0, 0.1) is 0 Å². The summed E-state index contributed by atoms with van der Waals surface area (Å²) in [7, 11) is 1.29. The molecule has 0 atom stereocenters. The first-order valence-electron chi connectivity index (χ1n) is 4.50. The fraction of sp³-hybridized carbons (Fsp3) is 0.100. The molecule has 1 amide bonds. The van der Waals surface area contributed by atoms with E-state index in [-0.39, 0.29) is 0 Å². The molecule has 0 aliphatic rings. The molecule has 6 nitrogen and oxygen atoms in total. The number of fused-ring (bicyclic) bond motifs is 1. The second kappa shape index (κ2) is 3.65. The fourth-order valence-electron chi connectivity index (χ4n) is 1.51. The van der Waals surface area contributed by atoms with Crippen LogP contribution in [0.2, 0.25) is 0 Å². The summed E-state index contributed by atoms with van der Waals surface area (Å²) in [6.45, 7) is 0. The van der Waals surface area contributed by atoms with E-state index in [2.05, 4.69) is 9.84 Å². The van der Waals surface area contributed by atoms with E-state index in [1.807, 2.05) is 0 Å². The first-order chi connectivity index (χ1) is 7.65. The lowest BCUT2D eigenvalue weighted by molar-refractivity contribution is 0.0603. The van der Waals surface area contributed by atoms with Gasteiger partial charge in [0.2, 0.25) is 0 Å². The van der Waals surface area contributed by atoms with Crippen molar-refractivity contribution >= 4 is 22.9 Å². The van der Waals surface area contributed by atoms with Gasteiger partial charge in [-0.25, -0.2) is 9.59 Å². The predicted octanol–water partition coefficient (Wildman–Crippen LogP) is 0.750. The molecule has 2 rings (SSSR count). The van der Waals surface area contributed by atoms with Gasteiger partial charge in [0.05, 0.1) is 24.4 Å². The number of nitrogens with two attached hydrogens (primary N) is 1. The summed E-state index contributed by atoms with van der Waals surface area (Å²) >= 11 is 0. The van der Waals surface area contributed by atoms with E-state index in [1.165, 1.54) is 13.3 Å². The molecular formula is C10H9N3O3. The van der Waals surface area contributed by atoms with Crippen molar-refractivity contribution < 1.29 is 14.3 Å². The van der Waals surface area contributed by atoms with Crippen molar-refractivity contribution in [2.75, 3.05) is 7.11 Å². The van der Waals surface area contributed by atoms with Gasteiger partial charge in [-0.15, -0.1) is 0 Å². The van der Waals surface area contributed by atoms with Gasteiger partial charge in [0.1, 0.15) is 0 Å². The fourth-order valence-corrected chi connectivity index (χ4v) is 1.51. The molecule has 2 N–H and O–H groups in total. The van der Waals surface area contributed by atoms with E-state index in [1.54, 1.807) is 18.2 Å². The van der Waals surface area contributed by atoms with Crippen LogP contribution in [0.15, 0.2) is 24.4 Å². The number of nitrogens with zero attached hydrogens (tertiary/aromatic N) is 2. The van der Waals surface area contributed by atoms with Gasteiger partial charge in [0.15, 0.2) is 0 Å². The van der Waals surface area contributed by atoms with Crippen molar-refractivity contribution in [1.29, 1.82) is 0 Å². The van der Waals surface area contributed by atoms with Gasteiger partial charge >= 0.3 is 12.0 Å². The monoisotopic (exact) mass is 219 g/mol. The van der Waals surface area contributed by atoms with E-state index < -0.39 is 12.0 Å². The third-order valence-electron chi connectivity index (χ3n) is 2.23. The Bertz CT molecular complexity index is 574. The number of carbonyl (C=O) groups is 2. The number of benzene rings is 1. The minimum absolute atomic E-state index is 0.354. The Hall–Kier alpha value is -2.37. The highest BCUT2D eigenvalue weighted by Crippen LogP contribution is 2.18. The molecule has 0 spiro atoms. The summed E-state index contributed by atoms with van der Waals surface area (Å²) < 4.78 is 5.65. The van der Waals surface area contributed by atoms with Crippen LogP contribution < -0.4 is 5.73 Å². The minimum Gasteiger partial charge on any atom is -0.465 e. The van der Waals surface area contributed by atoms with Crippen LogP contribution in [0.1, 0.15) is 10.4 Å². The van der Waals surface area contributed by atoms with E-state index >= 15 is 0 Å². The van der Waals surface area contributed by atoms with Crippen LogP contribution >= 0.6 is 0 Å². The number of ether oxygens (including phenoxy) is 1. The molecule has 82 valence electrons. The van der Waals surface area contributed by atoms with Gasteiger partial charge in [-0.2, -0.15) is 9.78 Å². The average Bonchev–Trinajstić information content (AvgIpc) is 2.71. The number of amides is 1. The van der Waals surface area contributed by atoms with Gasteiger partial charge < -0.3 is 10.5 Å². The van der Waals surface area contributed by atoms with Gasteiger partial charge in [0.25, 0.3) is 0 Å². The zero-order valence-corrected chi connectivity index (χ0v) is 8.51. The molecule has 0 fully saturated rings. The second-order valence-corrected chi connectivity index (χ2v) is 3.12. The lowest BCUT2D eigenvalue weighted by Gasteiger charge is -2.01. The molecular weight excluding hydrogens is 210 g/mol. The Labute approximate surface area is 90.6 Å². The number of rotatable bonds is 1. The average molecular weight is 219 g/mol. The molecule has 16 heavy (non-hydrogen) atoms. The van der Waals surface area contributed by atoms with Crippen molar-refractivity contribution in [3.63, 3.8) is 0 Å². The smallest absolute Gasteiger partial charge is 0.340 e. The van der Waals surface area contributed by atoms with Crippen LogP contribution in [0.25, 0.3) is 10.9 Å². The topological polar surface area (TPSA) is 87.2 Å². The quantitative estimate of drug-likeness (QED) is 0.717. The number of methoxy groups -OCH3 is 1.